The number of ether oxygens (including phenoxy) is 1. The average molecular weight is 157 g/mol. The van der Waals surface area contributed by atoms with Gasteiger partial charge in [-0.2, -0.15) is 0 Å². The Morgan fingerprint density at radius 3 is 2.55 bits per heavy atom. The van der Waals surface area contributed by atoms with E-state index < -0.39 is 0 Å². The number of hydrogen-bond donors (Lipinski definition) is 0. The smallest absolute Gasteiger partial charge is 0.0497 e. The molecule has 0 unspecified atom stereocenters. The summed E-state index contributed by atoms with van der Waals surface area (Å²) in [6, 6.07) is 0. The summed E-state index contributed by atoms with van der Waals surface area (Å²) in [5.74, 6) is 0. The van der Waals surface area contributed by atoms with Crippen LogP contribution in [0.4, 0.5) is 0 Å². The molecule has 1 nitrogen and oxygen atoms in total. The highest BCUT2D eigenvalue weighted by Crippen LogP contribution is 1.99. The normalized spacial score (nSPS) is 10.4. The minimum Gasteiger partial charge on any atom is -0.381 e. The van der Waals surface area contributed by atoms with Crippen LogP contribution in [0.15, 0.2) is 0 Å². The molecule has 0 spiro atoms. The van der Waals surface area contributed by atoms with E-state index in [-0.39, 0.29) is 0 Å². The zero-order chi connectivity index (χ0) is 8.36. The monoisotopic (exact) mass is 157 g/mol. The topological polar surface area (TPSA) is 9.23 Å². The van der Waals surface area contributed by atoms with Gasteiger partial charge in [0.05, 0.1) is 0 Å². The van der Waals surface area contributed by atoms with E-state index in [1.165, 1.54) is 25.7 Å². The third kappa shape index (κ3) is 9.96. The maximum Gasteiger partial charge on any atom is 0.0497 e. The van der Waals surface area contributed by atoms with Crippen LogP contribution in [-0.2, 0) is 4.74 Å². The lowest BCUT2D eigenvalue weighted by molar-refractivity contribution is 0.147. The fourth-order valence-corrected chi connectivity index (χ4v) is 0.915. The fraction of sp³-hybridized carbons (Fsp3) is 0.900. The van der Waals surface area contributed by atoms with E-state index in [4.69, 9.17) is 4.74 Å². The highest BCUT2D eigenvalue weighted by Gasteiger charge is 1.88. The molecule has 0 aliphatic heterocycles. The van der Waals surface area contributed by atoms with Gasteiger partial charge in [0.1, 0.15) is 0 Å². The van der Waals surface area contributed by atoms with Crippen molar-refractivity contribution in [2.75, 3.05) is 13.2 Å². The molecule has 1 heteroatoms. The van der Waals surface area contributed by atoms with E-state index >= 15 is 0 Å². The molecule has 0 aromatic rings. The van der Waals surface area contributed by atoms with Gasteiger partial charge in [0.25, 0.3) is 0 Å². The first kappa shape index (κ1) is 11.0. The lowest BCUT2D eigenvalue weighted by Crippen LogP contribution is -1.96. The van der Waals surface area contributed by atoms with Gasteiger partial charge in [0.2, 0.25) is 0 Å². The maximum atomic E-state index is 5.37. The third-order valence-electron chi connectivity index (χ3n) is 1.67. The molecule has 0 atom stereocenters. The highest BCUT2D eigenvalue weighted by molar-refractivity contribution is 4.58. The van der Waals surface area contributed by atoms with E-state index in [9.17, 15) is 0 Å². The van der Waals surface area contributed by atoms with Crippen LogP contribution in [-0.4, -0.2) is 13.2 Å². The van der Waals surface area contributed by atoms with Crippen molar-refractivity contribution in [3.8, 4) is 0 Å². The molecule has 0 bridgehead atoms. The third-order valence-corrected chi connectivity index (χ3v) is 1.67. The first-order chi connectivity index (χ1) is 5.41. The second-order valence-corrected chi connectivity index (χ2v) is 2.83. The van der Waals surface area contributed by atoms with Crippen molar-refractivity contribution in [3.63, 3.8) is 0 Å². The quantitative estimate of drug-likeness (QED) is 0.492. The van der Waals surface area contributed by atoms with Gasteiger partial charge in [-0.15, -0.1) is 0 Å². The second-order valence-electron chi connectivity index (χ2n) is 2.83. The Balaban J connectivity index is 2.69. The fourth-order valence-electron chi connectivity index (χ4n) is 0.915. The molecule has 0 aromatic carbocycles. The lowest BCUT2D eigenvalue weighted by Gasteiger charge is -2.01. The summed E-state index contributed by atoms with van der Waals surface area (Å²) in [4.78, 5) is 0. The average Bonchev–Trinajstić information content (AvgIpc) is 2.03. The molecule has 0 aliphatic rings. The van der Waals surface area contributed by atoms with Crippen molar-refractivity contribution in [2.24, 2.45) is 0 Å². The predicted molar refractivity (Wildman–Crippen MR) is 49.6 cm³/mol. The summed E-state index contributed by atoms with van der Waals surface area (Å²) < 4.78 is 5.37. The molecule has 1 radical (unpaired) electrons. The first-order valence-electron chi connectivity index (χ1n) is 4.81. The molecule has 0 fully saturated rings. The van der Waals surface area contributed by atoms with Crippen LogP contribution < -0.4 is 0 Å². The molecule has 11 heavy (non-hydrogen) atoms. The van der Waals surface area contributed by atoms with Crippen molar-refractivity contribution < 1.29 is 4.74 Å². The van der Waals surface area contributed by atoms with Crippen LogP contribution in [0, 0.1) is 6.42 Å². The maximum absolute atomic E-state index is 5.37. The Morgan fingerprint density at radius 2 is 1.91 bits per heavy atom. The molecule has 0 rings (SSSR count). The highest BCUT2D eigenvalue weighted by atomic mass is 16.5. The molecular formula is C10H21O. The Morgan fingerprint density at radius 1 is 1.09 bits per heavy atom. The van der Waals surface area contributed by atoms with Crippen molar-refractivity contribution in [1.29, 1.82) is 0 Å². The predicted octanol–water partition coefficient (Wildman–Crippen LogP) is 3.20. The van der Waals surface area contributed by atoms with E-state index in [0.717, 1.165) is 19.6 Å². The molecule has 0 aromatic heterocycles. The van der Waals surface area contributed by atoms with E-state index in [1.54, 1.807) is 0 Å². The zero-order valence-electron chi connectivity index (χ0n) is 7.94. The van der Waals surface area contributed by atoms with Crippen LogP contribution in [0.2, 0.25) is 0 Å². The van der Waals surface area contributed by atoms with Crippen LogP contribution in [0.1, 0.15) is 46.0 Å². The number of rotatable bonds is 8. The van der Waals surface area contributed by atoms with E-state index in [0.29, 0.717) is 0 Å². The van der Waals surface area contributed by atoms with Gasteiger partial charge in [-0.1, -0.05) is 39.5 Å². The van der Waals surface area contributed by atoms with E-state index in [2.05, 4.69) is 20.3 Å². The van der Waals surface area contributed by atoms with Crippen LogP contribution in [0.3, 0.4) is 0 Å². The Hall–Kier alpha value is -0.0400. The van der Waals surface area contributed by atoms with Crippen molar-refractivity contribution in [1.82, 2.24) is 0 Å². The number of hydrogen-bond acceptors (Lipinski definition) is 1. The van der Waals surface area contributed by atoms with Gasteiger partial charge in [-0.05, 0) is 12.8 Å². The van der Waals surface area contributed by atoms with Crippen molar-refractivity contribution in [2.45, 2.75) is 46.0 Å². The van der Waals surface area contributed by atoms with Gasteiger partial charge in [0.15, 0.2) is 0 Å². The summed E-state index contributed by atoms with van der Waals surface area (Å²) in [5, 5.41) is 0. The van der Waals surface area contributed by atoms with Gasteiger partial charge in [0, 0.05) is 13.2 Å². The Bertz CT molecular complexity index is 53.9. The van der Waals surface area contributed by atoms with Crippen LogP contribution in [0.5, 0.6) is 0 Å². The Kier molecular flexibility index (Phi) is 9.92. The SMILES string of the molecule is CC[CH]COCCCCCC. The summed E-state index contributed by atoms with van der Waals surface area (Å²) in [6.45, 7) is 6.14. The molecular weight excluding hydrogens is 136 g/mol. The van der Waals surface area contributed by atoms with Gasteiger partial charge >= 0.3 is 0 Å². The molecule has 0 aliphatic carbocycles. The Labute approximate surface area is 71.1 Å². The minimum absolute atomic E-state index is 0.836. The molecule has 0 amide bonds. The first-order valence-corrected chi connectivity index (χ1v) is 4.81. The summed E-state index contributed by atoms with van der Waals surface area (Å²) in [6.07, 6.45) is 8.49. The van der Waals surface area contributed by atoms with E-state index in [1.807, 2.05) is 0 Å². The summed E-state index contributed by atoms with van der Waals surface area (Å²) in [7, 11) is 0. The van der Waals surface area contributed by atoms with Crippen molar-refractivity contribution >= 4 is 0 Å². The minimum atomic E-state index is 0.836. The van der Waals surface area contributed by atoms with Gasteiger partial charge in [-0.3, -0.25) is 0 Å². The molecule has 0 heterocycles. The molecule has 0 N–H and O–H groups in total. The van der Waals surface area contributed by atoms with Crippen molar-refractivity contribution in [3.05, 3.63) is 6.42 Å². The second kappa shape index (κ2) is 9.96. The summed E-state index contributed by atoms with van der Waals surface area (Å²) >= 11 is 0. The summed E-state index contributed by atoms with van der Waals surface area (Å²) in [5.41, 5.74) is 0. The van der Waals surface area contributed by atoms with Crippen LogP contribution in [0.25, 0.3) is 0 Å². The molecule has 0 saturated heterocycles. The molecule has 0 saturated carbocycles. The molecule has 67 valence electrons. The lowest BCUT2D eigenvalue weighted by atomic mass is 10.2. The largest absolute Gasteiger partial charge is 0.381 e. The zero-order valence-corrected chi connectivity index (χ0v) is 7.94. The van der Waals surface area contributed by atoms with Gasteiger partial charge in [-0.25, -0.2) is 0 Å². The van der Waals surface area contributed by atoms with Gasteiger partial charge < -0.3 is 4.74 Å². The standard InChI is InChI=1S/C10H21O/c1-3-5-7-8-10-11-9-6-4-2/h6H,3-5,7-10H2,1-2H3. The number of unbranched alkanes of at least 4 members (excludes halogenated alkanes) is 4. The van der Waals surface area contributed by atoms with Crippen LogP contribution >= 0.6 is 0 Å².